The van der Waals surface area contributed by atoms with E-state index in [-0.39, 0.29) is 17.5 Å². The van der Waals surface area contributed by atoms with Crippen LogP contribution in [-0.4, -0.2) is 35.5 Å². The topological polar surface area (TPSA) is 62.5 Å². The molecule has 5 nitrogen and oxygen atoms in total. The molecule has 1 aromatic heterocycles. The van der Waals surface area contributed by atoms with E-state index in [1.165, 1.54) is 0 Å². The molecular weight excluding hydrogens is 276 g/mol. The summed E-state index contributed by atoms with van der Waals surface area (Å²) in [5.41, 5.74) is 0.640. The van der Waals surface area contributed by atoms with Crippen molar-refractivity contribution in [3.8, 4) is 0 Å². The van der Waals surface area contributed by atoms with Gasteiger partial charge in [0, 0.05) is 31.0 Å². The van der Waals surface area contributed by atoms with Crippen molar-refractivity contribution >= 4 is 10.0 Å². The molecule has 114 valence electrons. The van der Waals surface area contributed by atoms with Crippen molar-refractivity contribution in [2.75, 3.05) is 13.1 Å². The molecule has 0 bridgehead atoms. The highest BCUT2D eigenvalue weighted by Crippen LogP contribution is 2.32. The molecule has 0 saturated heterocycles. The minimum absolute atomic E-state index is 0.125. The normalized spacial score (nSPS) is 16.3. The smallest absolute Gasteiger partial charge is 0.244 e. The predicted molar refractivity (Wildman–Crippen MR) is 77.9 cm³/mol. The number of nitrogens with zero attached hydrogens (tertiary/aromatic N) is 2. The quantitative estimate of drug-likeness (QED) is 0.837. The number of aromatic nitrogens is 1. The Morgan fingerprint density at radius 1 is 1.45 bits per heavy atom. The molecule has 0 amide bonds. The average molecular weight is 300 g/mol. The number of hydrogen-bond acceptors (Lipinski definition) is 3. The van der Waals surface area contributed by atoms with Crippen LogP contribution in [-0.2, 0) is 16.6 Å². The van der Waals surface area contributed by atoms with Gasteiger partial charge in [0.25, 0.3) is 0 Å². The summed E-state index contributed by atoms with van der Waals surface area (Å²) in [6, 6.07) is 1.71. The lowest BCUT2D eigenvalue weighted by molar-refractivity contribution is 0.268. The van der Waals surface area contributed by atoms with E-state index in [0.29, 0.717) is 24.7 Å². The molecule has 1 saturated carbocycles. The Morgan fingerprint density at radius 3 is 2.50 bits per heavy atom. The number of aliphatic hydroxyl groups excluding tert-OH is 1. The van der Waals surface area contributed by atoms with Gasteiger partial charge in [-0.25, -0.2) is 8.42 Å². The van der Waals surface area contributed by atoms with Crippen LogP contribution in [0, 0.1) is 5.92 Å². The molecule has 6 heteroatoms. The molecule has 0 atom stereocenters. The van der Waals surface area contributed by atoms with E-state index in [9.17, 15) is 13.5 Å². The molecule has 0 aliphatic heterocycles. The molecular formula is C14H24N2O3S. The van der Waals surface area contributed by atoms with Gasteiger partial charge >= 0.3 is 0 Å². The van der Waals surface area contributed by atoms with Gasteiger partial charge in [0.2, 0.25) is 10.0 Å². The molecule has 1 aliphatic rings. The lowest BCUT2D eigenvalue weighted by Crippen LogP contribution is -2.32. The lowest BCUT2D eigenvalue weighted by atomic mass is 10.3. The van der Waals surface area contributed by atoms with Gasteiger partial charge in [-0.05, 0) is 38.7 Å². The first kappa shape index (κ1) is 15.5. The molecule has 1 N–H and O–H groups in total. The summed E-state index contributed by atoms with van der Waals surface area (Å²) in [7, 11) is -3.45. The van der Waals surface area contributed by atoms with E-state index in [1.54, 1.807) is 16.6 Å². The highest BCUT2D eigenvalue weighted by molar-refractivity contribution is 7.89. The number of aliphatic hydroxyl groups is 1. The van der Waals surface area contributed by atoms with Crippen LogP contribution in [0.5, 0.6) is 0 Å². The molecule has 0 aromatic carbocycles. The van der Waals surface area contributed by atoms with Gasteiger partial charge in [-0.15, -0.1) is 0 Å². The van der Waals surface area contributed by atoms with Gasteiger partial charge in [0.05, 0.1) is 6.61 Å². The molecule has 1 heterocycles. The number of hydrogen-bond donors (Lipinski definition) is 1. The molecule has 0 radical (unpaired) electrons. The zero-order valence-electron chi connectivity index (χ0n) is 12.4. The monoisotopic (exact) mass is 300 g/mol. The fraction of sp³-hybridized carbons (Fsp3) is 0.714. The van der Waals surface area contributed by atoms with Crippen molar-refractivity contribution in [1.82, 2.24) is 8.87 Å². The van der Waals surface area contributed by atoms with Gasteiger partial charge in [0.15, 0.2) is 0 Å². The fourth-order valence-electron chi connectivity index (χ4n) is 2.38. The van der Waals surface area contributed by atoms with E-state index in [1.807, 2.05) is 25.3 Å². The standard InChI is InChI=1S/C14H24N2O3S/c1-4-15(8-12-5-6-12)20(18,19)14-7-13(10-17)16(9-14)11(2)3/h7,9,11-12,17H,4-6,8,10H2,1-3H3. The van der Waals surface area contributed by atoms with Gasteiger partial charge in [-0.3, -0.25) is 0 Å². The van der Waals surface area contributed by atoms with E-state index < -0.39 is 10.0 Å². The van der Waals surface area contributed by atoms with E-state index in [2.05, 4.69) is 0 Å². The summed E-state index contributed by atoms with van der Waals surface area (Å²) in [5, 5.41) is 9.37. The van der Waals surface area contributed by atoms with Gasteiger partial charge < -0.3 is 9.67 Å². The highest BCUT2D eigenvalue weighted by Gasteiger charge is 2.31. The summed E-state index contributed by atoms with van der Waals surface area (Å²) in [5.74, 6) is 0.522. The van der Waals surface area contributed by atoms with Crippen LogP contribution in [0.1, 0.15) is 45.3 Å². The van der Waals surface area contributed by atoms with Crippen molar-refractivity contribution in [3.63, 3.8) is 0 Å². The lowest BCUT2D eigenvalue weighted by Gasteiger charge is -2.19. The summed E-state index contributed by atoms with van der Waals surface area (Å²) >= 11 is 0. The van der Waals surface area contributed by atoms with Crippen LogP contribution >= 0.6 is 0 Å². The highest BCUT2D eigenvalue weighted by atomic mass is 32.2. The molecule has 0 spiro atoms. The zero-order valence-corrected chi connectivity index (χ0v) is 13.2. The van der Waals surface area contributed by atoms with Crippen LogP contribution in [0.4, 0.5) is 0 Å². The Hall–Kier alpha value is -0.850. The predicted octanol–water partition coefficient (Wildman–Crippen LogP) is 1.98. The van der Waals surface area contributed by atoms with Crippen molar-refractivity contribution < 1.29 is 13.5 Å². The Balaban J connectivity index is 2.32. The van der Waals surface area contributed by atoms with E-state index in [4.69, 9.17) is 0 Å². The summed E-state index contributed by atoms with van der Waals surface area (Å²) in [6.07, 6.45) is 3.89. The van der Waals surface area contributed by atoms with Crippen molar-refractivity contribution in [3.05, 3.63) is 18.0 Å². The fourth-order valence-corrected chi connectivity index (χ4v) is 3.96. The first-order valence-electron chi connectivity index (χ1n) is 7.21. The molecule has 20 heavy (non-hydrogen) atoms. The van der Waals surface area contributed by atoms with Gasteiger partial charge in [0.1, 0.15) is 4.90 Å². The third kappa shape index (κ3) is 3.07. The second-order valence-electron chi connectivity index (χ2n) is 5.73. The average Bonchev–Trinajstić information content (AvgIpc) is 3.10. The SMILES string of the molecule is CCN(CC1CC1)S(=O)(=O)c1cc(CO)n(C(C)C)c1. The summed E-state index contributed by atoms with van der Waals surface area (Å²) in [4.78, 5) is 0.290. The van der Waals surface area contributed by atoms with Crippen LogP contribution in [0.15, 0.2) is 17.2 Å². The van der Waals surface area contributed by atoms with Gasteiger partial charge in [-0.2, -0.15) is 4.31 Å². The van der Waals surface area contributed by atoms with Crippen LogP contribution in [0.2, 0.25) is 0 Å². The molecule has 1 fully saturated rings. The number of rotatable bonds is 7. The first-order valence-corrected chi connectivity index (χ1v) is 8.65. The Bertz CT molecular complexity index is 559. The van der Waals surface area contributed by atoms with Crippen molar-refractivity contribution in [2.24, 2.45) is 5.92 Å². The third-order valence-corrected chi connectivity index (χ3v) is 5.68. The van der Waals surface area contributed by atoms with Crippen molar-refractivity contribution in [2.45, 2.75) is 51.2 Å². The zero-order chi connectivity index (χ0) is 14.9. The molecule has 0 unspecified atom stereocenters. The largest absolute Gasteiger partial charge is 0.390 e. The van der Waals surface area contributed by atoms with Crippen LogP contribution in [0.25, 0.3) is 0 Å². The van der Waals surface area contributed by atoms with Gasteiger partial charge in [-0.1, -0.05) is 6.92 Å². The Morgan fingerprint density at radius 2 is 2.10 bits per heavy atom. The maximum atomic E-state index is 12.7. The van der Waals surface area contributed by atoms with E-state index >= 15 is 0 Å². The van der Waals surface area contributed by atoms with E-state index in [0.717, 1.165) is 12.8 Å². The molecule has 2 rings (SSSR count). The maximum Gasteiger partial charge on any atom is 0.244 e. The minimum atomic E-state index is -3.45. The maximum absolute atomic E-state index is 12.7. The van der Waals surface area contributed by atoms with Crippen molar-refractivity contribution in [1.29, 1.82) is 0 Å². The Kier molecular flexibility index (Phi) is 4.56. The Labute approximate surface area is 121 Å². The second-order valence-corrected chi connectivity index (χ2v) is 7.66. The van der Waals surface area contributed by atoms with Crippen LogP contribution in [0.3, 0.4) is 0 Å². The first-order chi connectivity index (χ1) is 9.40. The number of sulfonamides is 1. The third-order valence-electron chi connectivity index (χ3n) is 3.77. The second kappa shape index (κ2) is 5.87. The minimum Gasteiger partial charge on any atom is -0.390 e. The summed E-state index contributed by atoms with van der Waals surface area (Å²) in [6.45, 7) is 6.75. The molecule has 1 aromatic rings. The summed E-state index contributed by atoms with van der Waals surface area (Å²) < 4.78 is 28.7. The van der Waals surface area contributed by atoms with Crippen LogP contribution < -0.4 is 0 Å². The molecule has 1 aliphatic carbocycles.